The van der Waals surface area contributed by atoms with Crippen LogP contribution in [0.15, 0.2) is 9.31 Å². The van der Waals surface area contributed by atoms with E-state index < -0.39 is 10.0 Å². The van der Waals surface area contributed by atoms with Crippen molar-refractivity contribution in [2.75, 3.05) is 6.26 Å². The highest BCUT2D eigenvalue weighted by atomic mass is 32.2. The minimum Gasteiger partial charge on any atom is -0.465 e. The largest absolute Gasteiger partial charge is 0.465 e. The third-order valence-corrected chi connectivity index (χ3v) is 6.89. The van der Waals surface area contributed by atoms with Gasteiger partial charge < -0.3 is 10.2 Å². The van der Waals surface area contributed by atoms with Crippen LogP contribution in [0.3, 0.4) is 0 Å². The van der Waals surface area contributed by atoms with Crippen LogP contribution in [0.1, 0.15) is 42.8 Å². The van der Waals surface area contributed by atoms with Crippen LogP contribution in [0.25, 0.3) is 0 Å². The maximum atomic E-state index is 12.7. The fourth-order valence-corrected chi connectivity index (χ4v) is 5.61. The number of hydrogen-bond acceptors (Lipinski definition) is 5. The van der Waals surface area contributed by atoms with Gasteiger partial charge in [0.05, 0.1) is 0 Å². The minimum atomic E-state index is -3.58. The summed E-state index contributed by atoms with van der Waals surface area (Å²) in [4.78, 5) is 0.230. The van der Waals surface area contributed by atoms with Gasteiger partial charge in [-0.15, -0.1) is 0 Å². The number of nitrogens with one attached hydrogen (secondary N) is 1. The lowest BCUT2D eigenvalue weighted by Gasteiger charge is -2.28. The van der Waals surface area contributed by atoms with Gasteiger partial charge in [-0.1, -0.05) is 6.42 Å². The fraction of sp³-hybridized carbons (Fsp3) is 0.714. The summed E-state index contributed by atoms with van der Waals surface area (Å²) in [7, 11) is -3.58. The zero-order valence-corrected chi connectivity index (χ0v) is 14.4. The van der Waals surface area contributed by atoms with Gasteiger partial charge in [-0.05, 0) is 39.4 Å². The Morgan fingerprint density at radius 2 is 2.05 bits per heavy atom. The lowest BCUT2D eigenvalue weighted by atomic mass is 9.96. The average Bonchev–Trinajstić information content (AvgIpc) is 2.73. The minimum absolute atomic E-state index is 0.00132. The Bertz CT molecular complexity index is 596. The molecule has 0 aromatic carbocycles. The number of nitrogens with two attached hydrogens (primary N) is 1. The van der Waals surface area contributed by atoms with Crippen molar-refractivity contribution in [1.82, 2.24) is 4.72 Å². The van der Waals surface area contributed by atoms with Gasteiger partial charge in [-0.2, -0.15) is 11.8 Å². The van der Waals surface area contributed by atoms with Crippen molar-refractivity contribution in [2.45, 2.75) is 62.3 Å². The third kappa shape index (κ3) is 3.64. The van der Waals surface area contributed by atoms with Gasteiger partial charge >= 0.3 is 0 Å². The van der Waals surface area contributed by atoms with E-state index in [1.807, 2.05) is 11.8 Å². The summed E-state index contributed by atoms with van der Waals surface area (Å²) >= 11 is 1.81. The maximum absolute atomic E-state index is 12.7. The van der Waals surface area contributed by atoms with E-state index >= 15 is 0 Å². The Kier molecular flexibility index (Phi) is 5.40. The Morgan fingerprint density at radius 3 is 2.67 bits per heavy atom. The van der Waals surface area contributed by atoms with Crippen LogP contribution >= 0.6 is 11.8 Å². The van der Waals surface area contributed by atoms with Crippen LogP contribution in [0.4, 0.5) is 0 Å². The molecule has 1 fully saturated rings. The molecular weight excluding hydrogens is 308 g/mol. The smallest absolute Gasteiger partial charge is 0.244 e. The van der Waals surface area contributed by atoms with E-state index in [2.05, 4.69) is 11.0 Å². The molecule has 0 aliphatic heterocycles. The summed E-state index contributed by atoms with van der Waals surface area (Å²) in [6.45, 7) is 3.59. The highest BCUT2D eigenvalue weighted by molar-refractivity contribution is 7.99. The molecule has 0 amide bonds. The van der Waals surface area contributed by atoms with E-state index in [9.17, 15) is 8.42 Å². The molecule has 1 heterocycles. The second-order valence-corrected chi connectivity index (χ2v) is 8.36. The molecule has 120 valence electrons. The number of rotatable bonds is 5. The highest BCUT2D eigenvalue weighted by Crippen LogP contribution is 2.30. The van der Waals surface area contributed by atoms with Gasteiger partial charge in [0.15, 0.2) is 0 Å². The molecule has 3 N–H and O–H groups in total. The first kappa shape index (κ1) is 16.9. The topological polar surface area (TPSA) is 85.3 Å². The normalized spacial score (nSPS) is 23.4. The molecule has 0 radical (unpaired) electrons. The van der Waals surface area contributed by atoms with E-state index in [4.69, 9.17) is 10.2 Å². The van der Waals surface area contributed by atoms with E-state index in [0.29, 0.717) is 22.3 Å². The molecule has 1 aromatic rings. The SMILES string of the molecule is CSC1CCCC(NS(=O)(=O)c2c(C)oc(C)c2CN)C1. The Hall–Kier alpha value is -0.500. The summed E-state index contributed by atoms with van der Waals surface area (Å²) < 4.78 is 33.7. The number of sulfonamides is 1. The number of hydrogen-bond donors (Lipinski definition) is 2. The van der Waals surface area contributed by atoms with E-state index in [0.717, 1.165) is 25.7 Å². The molecule has 1 aliphatic rings. The quantitative estimate of drug-likeness (QED) is 0.864. The zero-order chi connectivity index (χ0) is 15.6. The standard InChI is InChI=1S/C14H24N2O3S2/c1-9-13(8-15)14(10(2)19-9)21(17,18)16-11-5-4-6-12(7-11)20-3/h11-12,16H,4-8,15H2,1-3H3. The summed E-state index contributed by atoms with van der Waals surface area (Å²) in [5.74, 6) is 0.999. The van der Waals surface area contributed by atoms with Crippen molar-refractivity contribution < 1.29 is 12.8 Å². The van der Waals surface area contributed by atoms with Crippen LogP contribution in [0.5, 0.6) is 0 Å². The summed E-state index contributed by atoms with van der Waals surface area (Å²) in [6, 6.07) is 0.00132. The molecule has 1 saturated carbocycles. The van der Waals surface area contributed by atoms with Gasteiger partial charge in [0.25, 0.3) is 0 Å². The van der Waals surface area contributed by atoms with Crippen molar-refractivity contribution in [1.29, 1.82) is 0 Å². The Morgan fingerprint density at radius 1 is 1.33 bits per heavy atom. The van der Waals surface area contributed by atoms with Crippen LogP contribution in [-0.4, -0.2) is 26.0 Å². The first-order valence-corrected chi connectivity index (χ1v) is 10.00. The van der Waals surface area contributed by atoms with Gasteiger partial charge in [0, 0.05) is 23.4 Å². The summed E-state index contributed by atoms with van der Waals surface area (Å²) in [5, 5.41) is 0.535. The predicted octanol–water partition coefficient (Wildman–Crippen LogP) is 2.31. The maximum Gasteiger partial charge on any atom is 0.244 e. The average molecular weight is 332 g/mol. The summed E-state index contributed by atoms with van der Waals surface area (Å²) in [6.07, 6.45) is 6.08. The lowest BCUT2D eigenvalue weighted by Crippen LogP contribution is -2.39. The molecule has 0 spiro atoms. The lowest BCUT2D eigenvalue weighted by molar-refractivity contribution is 0.420. The van der Waals surface area contributed by atoms with E-state index in [1.165, 1.54) is 0 Å². The van der Waals surface area contributed by atoms with Crippen molar-refractivity contribution in [3.05, 3.63) is 17.1 Å². The second kappa shape index (κ2) is 6.73. The number of aryl methyl sites for hydroxylation is 2. The van der Waals surface area contributed by atoms with E-state index in [1.54, 1.807) is 13.8 Å². The molecule has 0 saturated heterocycles. The second-order valence-electron chi connectivity index (χ2n) is 5.57. The molecule has 7 heteroatoms. The number of thioether (sulfide) groups is 1. The van der Waals surface area contributed by atoms with Crippen molar-refractivity contribution in [2.24, 2.45) is 5.73 Å². The van der Waals surface area contributed by atoms with E-state index in [-0.39, 0.29) is 17.5 Å². The third-order valence-electron chi connectivity index (χ3n) is 4.08. The van der Waals surface area contributed by atoms with Crippen LogP contribution < -0.4 is 10.5 Å². The molecule has 0 bridgehead atoms. The van der Waals surface area contributed by atoms with Crippen LogP contribution in [0.2, 0.25) is 0 Å². The molecule has 2 atom stereocenters. The van der Waals surface area contributed by atoms with Gasteiger partial charge in [0.2, 0.25) is 10.0 Å². The molecule has 1 aliphatic carbocycles. The fourth-order valence-electron chi connectivity index (χ4n) is 3.04. The first-order chi connectivity index (χ1) is 9.89. The molecule has 5 nitrogen and oxygen atoms in total. The molecule has 2 unspecified atom stereocenters. The number of furan rings is 1. The van der Waals surface area contributed by atoms with Crippen LogP contribution in [0, 0.1) is 13.8 Å². The Balaban J connectivity index is 2.23. The monoisotopic (exact) mass is 332 g/mol. The molecular formula is C14H24N2O3S2. The molecule has 21 heavy (non-hydrogen) atoms. The zero-order valence-electron chi connectivity index (χ0n) is 12.8. The Labute approximate surface area is 131 Å². The van der Waals surface area contributed by atoms with Gasteiger partial charge in [-0.25, -0.2) is 13.1 Å². The first-order valence-electron chi connectivity index (χ1n) is 7.23. The molecule has 1 aromatic heterocycles. The highest BCUT2D eigenvalue weighted by Gasteiger charge is 2.30. The van der Waals surface area contributed by atoms with Crippen molar-refractivity contribution >= 4 is 21.8 Å². The summed E-state index contributed by atoms with van der Waals surface area (Å²) in [5.41, 5.74) is 6.26. The van der Waals surface area contributed by atoms with Crippen molar-refractivity contribution in [3.63, 3.8) is 0 Å². The van der Waals surface area contributed by atoms with Gasteiger partial charge in [-0.3, -0.25) is 0 Å². The van der Waals surface area contributed by atoms with Gasteiger partial charge in [0.1, 0.15) is 16.4 Å². The predicted molar refractivity (Wildman–Crippen MR) is 86.0 cm³/mol. The molecule has 2 rings (SSSR count). The van der Waals surface area contributed by atoms with Crippen molar-refractivity contribution in [3.8, 4) is 0 Å². The van der Waals surface area contributed by atoms with Crippen LogP contribution in [-0.2, 0) is 16.6 Å².